The summed E-state index contributed by atoms with van der Waals surface area (Å²) in [6.45, 7) is 2.97. The van der Waals surface area contributed by atoms with E-state index in [0.29, 0.717) is 0 Å². The summed E-state index contributed by atoms with van der Waals surface area (Å²) in [7, 11) is 0. The third-order valence-electron chi connectivity index (χ3n) is 5.05. The molecule has 0 amide bonds. The van der Waals surface area contributed by atoms with Crippen LogP contribution in [-0.4, -0.2) is 11.5 Å². The van der Waals surface area contributed by atoms with Gasteiger partial charge in [0.05, 0.1) is 6.20 Å². The smallest absolute Gasteiger partial charge is 0.146 e. The van der Waals surface area contributed by atoms with E-state index < -0.39 is 0 Å². The van der Waals surface area contributed by atoms with E-state index in [1.54, 1.807) is 6.20 Å². The fourth-order valence-corrected chi connectivity index (χ4v) is 4.20. The lowest BCUT2D eigenvalue weighted by atomic mass is 9.83. The van der Waals surface area contributed by atoms with Gasteiger partial charge in [-0.05, 0) is 56.0 Å². The molecule has 3 rings (SSSR count). The Bertz CT molecular complexity index is 435. The van der Waals surface area contributed by atoms with Crippen molar-refractivity contribution in [3.05, 3.63) is 29.8 Å². The number of nitrogens with one attached hydrogen (secondary N) is 1. The summed E-state index contributed by atoms with van der Waals surface area (Å²) in [4.78, 5) is 3.85. The maximum atomic E-state index is 13.9. The van der Waals surface area contributed by atoms with Gasteiger partial charge in [0.15, 0.2) is 0 Å². The second-order valence-corrected chi connectivity index (χ2v) is 6.18. The van der Waals surface area contributed by atoms with Crippen LogP contribution in [0.1, 0.15) is 50.6 Å². The van der Waals surface area contributed by atoms with Crippen LogP contribution in [0.2, 0.25) is 0 Å². The molecule has 2 fully saturated rings. The van der Waals surface area contributed by atoms with Crippen LogP contribution in [0.15, 0.2) is 18.5 Å². The topological polar surface area (TPSA) is 24.9 Å². The van der Waals surface area contributed by atoms with E-state index >= 15 is 0 Å². The number of nitrogens with zero attached hydrogens (tertiary/aromatic N) is 1. The molecular formula is C16H23FN2. The van der Waals surface area contributed by atoms with E-state index in [9.17, 15) is 4.39 Å². The van der Waals surface area contributed by atoms with Crippen LogP contribution in [0.4, 0.5) is 4.39 Å². The minimum Gasteiger partial charge on any atom is -0.310 e. The number of hydrogen-bond acceptors (Lipinski definition) is 2. The Morgan fingerprint density at radius 1 is 1.42 bits per heavy atom. The van der Waals surface area contributed by atoms with Crippen molar-refractivity contribution in [3.8, 4) is 0 Å². The molecule has 2 nitrogen and oxygen atoms in total. The van der Waals surface area contributed by atoms with Gasteiger partial charge in [0.1, 0.15) is 5.82 Å². The average molecular weight is 262 g/mol. The van der Waals surface area contributed by atoms with Crippen molar-refractivity contribution in [2.45, 2.75) is 45.1 Å². The van der Waals surface area contributed by atoms with Crippen LogP contribution in [0, 0.1) is 23.6 Å². The zero-order valence-electron chi connectivity index (χ0n) is 11.6. The molecule has 1 heterocycles. The molecule has 4 unspecified atom stereocenters. The Labute approximate surface area is 114 Å². The van der Waals surface area contributed by atoms with Crippen LogP contribution in [-0.2, 0) is 0 Å². The highest BCUT2D eigenvalue weighted by Crippen LogP contribution is 2.51. The normalized spacial score (nSPS) is 30.7. The standard InChI is InChI=1S/C16H23FN2/c1-2-19-16(14-5-6-18-10-15(14)17)9-13-8-11-3-4-12(13)7-11/h5-6,10-13,16,19H,2-4,7-9H2,1H3. The summed E-state index contributed by atoms with van der Waals surface area (Å²) in [5.74, 6) is 2.47. The molecule has 0 radical (unpaired) electrons. The lowest BCUT2D eigenvalue weighted by Crippen LogP contribution is -2.26. The van der Waals surface area contributed by atoms with Crippen LogP contribution in [0.5, 0.6) is 0 Å². The van der Waals surface area contributed by atoms with Gasteiger partial charge in [0.25, 0.3) is 0 Å². The lowest BCUT2D eigenvalue weighted by molar-refractivity contribution is 0.278. The molecule has 1 N–H and O–H groups in total. The van der Waals surface area contributed by atoms with E-state index in [0.717, 1.165) is 36.3 Å². The molecule has 0 aromatic carbocycles. The van der Waals surface area contributed by atoms with Crippen molar-refractivity contribution < 1.29 is 4.39 Å². The molecule has 3 heteroatoms. The van der Waals surface area contributed by atoms with Crippen molar-refractivity contribution in [1.29, 1.82) is 0 Å². The molecular weight excluding hydrogens is 239 g/mol. The number of fused-ring (bicyclic) bond motifs is 2. The minimum atomic E-state index is -0.170. The van der Waals surface area contributed by atoms with E-state index in [1.165, 1.54) is 31.9 Å². The summed E-state index contributed by atoms with van der Waals surface area (Å²) >= 11 is 0. The Morgan fingerprint density at radius 3 is 2.95 bits per heavy atom. The number of rotatable bonds is 5. The summed E-state index contributed by atoms with van der Waals surface area (Å²) in [5, 5.41) is 3.46. The predicted molar refractivity (Wildman–Crippen MR) is 74.2 cm³/mol. The number of aromatic nitrogens is 1. The molecule has 19 heavy (non-hydrogen) atoms. The summed E-state index contributed by atoms with van der Waals surface area (Å²) in [6.07, 6.45) is 9.71. The van der Waals surface area contributed by atoms with E-state index in [1.807, 2.05) is 6.07 Å². The monoisotopic (exact) mass is 262 g/mol. The third kappa shape index (κ3) is 2.66. The van der Waals surface area contributed by atoms with Crippen molar-refractivity contribution in [2.75, 3.05) is 6.54 Å². The predicted octanol–water partition coefficient (Wildman–Crippen LogP) is 3.70. The second-order valence-electron chi connectivity index (χ2n) is 6.18. The van der Waals surface area contributed by atoms with Crippen molar-refractivity contribution in [1.82, 2.24) is 10.3 Å². The van der Waals surface area contributed by atoms with E-state index in [-0.39, 0.29) is 11.9 Å². The van der Waals surface area contributed by atoms with Gasteiger partial charge in [-0.15, -0.1) is 0 Å². The summed E-state index contributed by atoms with van der Waals surface area (Å²) < 4.78 is 13.9. The number of halogens is 1. The second kappa shape index (κ2) is 5.58. The average Bonchev–Trinajstić information content (AvgIpc) is 3.01. The van der Waals surface area contributed by atoms with Gasteiger partial charge in [-0.25, -0.2) is 4.39 Å². The van der Waals surface area contributed by atoms with Crippen LogP contribution in [0.3, 0.4) is 0 Å². The molecule has 104 valence electrons. The highest BCUT2D eigenvalue weighted by Gasteiger charge is 2.40. The molecule has 0 spiro atoms. The van der Waals surface area contributed by atoms with Crippen molar-refractivity contribution >= 4 is 0 Å². The zero-order valence-corrected chi connectivity index (χ0v) is 11.6. The summed E-state index contributed by atoms with van der Waals surface area (Å²) in [6, 6.07) is 1.98. The molecule has 2 saturated carbocycles. The first kappa shape index (κ1) is 13.0. The van der Waals surface area contributed by atoms with Gasteiger partial charge in [0, 0.05) is 17.8 Å². The van der Waals surface area contributed by atoms with E-state index in [4.69, 9.17) is 0 Å². The maximum absolute atomic E-state index is 13.9. The Kier molecular flexibility index (Phi) is 3.83. The van der Waals surface area contributed by atoms with Gasteiger partial charge in [0.2, 0.25) is 0 Å². The molecule has 2 aliphatic rings. The van der Waals surface area contributed by atoms with Crippen molar-refractivity contribution in [2.24, 2.45) is 17.8 Å². The quantitative estimate of drug-likeness (QED) is 0.875. The van der Waals surface area contributed by atoms with Crippen LogP contribution in [0.25, 0.3) is 0 Å². The summed E-state index contributed by atoms with van der Waals surface area (Å²) in [5.41, 5.74) is 0.791. The van der Waals surface area contributed by atoms with Crippen LogP contribution < -0.4 is 5.32 Å². The van der Waals surface area contributed by atoms with Gasteiger partial charge < -0.3 is 5.32 Å². The molecule has 0 aliphatic heterocycles. The largest absolute Gasteiger partial charge is 0.310 e. The fraction of sp³-hybridized carbons (Fsp3) is 0.688. The zero-order chi connectivity index (χ0) is 13.2. The molecule has 2 aliphatic carbocycles. The molecule has 1 aromatic heterocycles. The highest BCUT2D eigenvalue weighted by atomic mass is 19.1. The third-order valence-corrected chi connectivity index (χ3v) is 5.05. The molecule has 1 aromatic rings. The first-order valence-corrected chi connectivity index (χ1v) is 7.60. The maximum Gasteiger partial charge on any atom is 0.146 e. The molecule has 0 saturated heterocycles. The van der Waals surface area contributed by atoms with Crippen LogP contribution >= 0.6 is 0 Å². The Balaban J connectivity index is 1.73. The SMILES string of the molecule is CCNC(CC1CC2CCC1C2)c1ccncc1F. The van der Waals surface area contributed by atoms with Gasteiger partial charge in [-0.1, -0.05) is 13.3 Å². The van der Waals surface area contributed by atoms with E-state index in [2.05, 4.69) is 17.2 Å². The Hall–Kier alpha value is -0.960. The van der Waals surface area contributed by atoms with Gasteiger partial charge in [-0.2, -0.15) is 0 Å². The highest BCUT2D eigenvalue weighted by molar-refractivity contribution is 5.18. The van der Waals surface area contributed by atoms with Gasteiger partial charge >= 0.3 is 0 Å². The molecule has 2 bridgehead atoms. The first-order valence-electron chi connectivity index (χ1n) is 7.60. The van der Waals surface area contributed by atoms with Gasteiger partial charge in [-0.3, -0.25) is 4.98 Å². The van der Waals surface area contributed by atoms with Crippen molar-refractivity contribution in [3.63, 3.8) is 0 Å². The Morgan fingerprint density at radius 2 is 2.32 bits per heavy atom. The molecule has 4 atom stereocenters. The first-order chi connectivity index (χ1) is 9.28. The fourth-order valence-electron chi connectivity index (χ4n) is 4.20. The minimum absolute atomic E-state index is 0.150. The number of hydrogen-bond donors (Lipinski definition) is 1. The lowest BCUT2D eigenvalue weighted by Gasteiger charge is -2.27. The number of pyridine rings is 1.